The lowest BCUT2D eigenvalue weighted by Gasteiger charge is -2.16. The number of hydrogen-bond acceptors (Lipinski definition) is 8. The molecule has 0 spiro atoms. The van der Waals surface area contributed by atoms with Gasteiger partial charge in [0, 0.05) is 79.4 Å². The summed E-state index contributed by atoms with van der Waals surface area (Å²) < 4.78 is 7.10. The largest absolute Gasteiger partial charge is 0.481 e. The lowest BCUT2D eigenvalue weighted by atomic mass is 9.97. The molecule has 252 valence electrons. The second kappa shape index (κ2) is 15.2. The number of halogens is 2. The molecule has 1 aliphatic rings. The fraction of sp³-hybridized carbons (Fsp3) is 0.250. The quantitative estimate of drug-likeness (QED) is 0.148. The monoisotopic (exact) mass is 699 g/mol. The summed E-state index contributed by atoms with van der Waals surface area (Å²) in [6.45, 7) is 1.51. The van der Waals surface area contributed by atoms with Gasteiger partial charge in [-0.15, -0.1) is 0 Å². The van der Waals surface area contributed by atoms with E-state index in [1.807, 2.05) is 60.7 Å². The lowest BCUT2D eigenvalue weighted by molar-refractivity contribution is -0.120. The number of fused-ring (bicyclic) bond motifs is 1. The Hall–Kier alpha value is -4.81. The van der Waals surface area contributed by atoms with Crippen LogP contribution in [-0.4, -0.2) is 59.5 Å². The molecule has 1 aliphatic heterocycles. The van der Waals surface area contributed by atoms with Crippen LogP contribution in [0.15, 0.2) is 77.9 Å². The zero-order valence-electron chi connectivity index (χ0n) is 27.0. The molecule has 0 bridgehead atoms. The van der Waals surface area contributed by atoms with E-state index in [0.717, 1.165) is 39.8 Å². The number of benzene rings is 2. The minimum Gasteiger partial charge on any atom is -0.481 e. The fourth-order valence-corrected chi connectivity index (χ4v) is 6.51. The Morgan fingerprint density at radius 2 is 1.67 bits per heavy atom. The first-order valence-corrected chi connectivity index (χ1v) is 16.6. The molecule has 0 aliphatic carbocycles. The van der Waals surface area contributed by atoms with Crippen LogP contribution in [0, 0.1) is 0 Å². The molecule has 1 atom stereocenters. The van der Waals surface area contributed by atoms with Gasteiger partial charge in [-0.05, 0) is 30.2 Å². The highest BCUT2D eigenvalue weighted by Gasteiger charge is 2.21. The molecule has 6 rings (SSSR count). The Morgan fingerprint density at radius 1 is 0.959 bits per heavy atom. The third-order valence-corrected chi connectivity index (χ3v) is 9.27. The molecule has 2 amide bonds. The minimum absolute atomic E-state index is 0.0896. The van der Waals surface area contributed by atoms with E-state index in [0.29, 0.717) is 52.3 Å². The number of carbonyl (C=O) groups is 2. The summed E-state index contributed by atoms with van der Waals surface area (Å²) in [6, 6.07) is 19.1. The number of ether oxygens (including phenoxy) is 1. The predicted molar refractivity (Wildman–Crippen MR) is 191 cm³/mol. The molecule has 11 nitrogen and oxygen atoms in total. The van der Waals surface area contributed by atoms with Crippen molar-refractivity contribution in [2.45, 2.75) is 32.0 Å². The van der Waals surface area contributed by atoms with Crippen LogP contribution in [0.4, 0.5) is 0 Å². The van der Waals surface area contributed by atoms with E-state index in [4.69, 9.17) is 32.9 Å². The number of nitrogens with zero attached hydrogens (tertiary/aromatic N) is 3. The molecule has 1 unspecified atom stereocenters. The summed E-state index contributed by atoms with van der Waals surface area (Å²) >= 11 is 14.1. The molecule has 4 N–H and O–H groups in total. The van der Waals surface area contributed by atoms with E-state index < -0.39 is 0 Å². The number of methoxy groups -OCH3 is 1. The molecule has 49 heavy (non-hydrogen) atoms. The van der Waals surface area contributed by atoms with Crippen molar-refractivity contribution in [3.63, 3.8) is 0 Å². The van der Waals surface area contributed by atoms with Crippen LogP contribution in [-0.2, 0) is 22.7 Å². The minimum atomic E-state index is -0.224. The molecule has 4 heterocycles. The van der Waals surface area contributed by atoms with Crippen molar-refractivity contribution in [2.24, 2.45) is 0 Å². The smallest absolute Gasteiger partial charge is 0.262 e. The average molecular weight is 701 g/mol. The van der Waals surface area contributed by atoms with E-state index in [-0.39, 0.29) is 36.5 Å². The van der Waals surface area contributed by atoms with Crippen LogP contribution in [0.2, 0.25) is 10.0 Å². The van der Waals surface area contributed by atoms with E-state index in [1.54, 1.807) is 20.4 Å². The van der Waals surface area contributed by atoms with Crippen LogP contribution in [0.5, 0.6) is 5.88 Å². The zero-order chi connectivity index (χ0) is 34.5. The molecular formula is C36H35Cl2N7O4. The van der Waals surface area contributed by atoms with Gasteiger partial charge >= 0.3 is 0 Å². The normalized spacial score (nSPS) is 14.2. The first kappa shape index (κ1) is 34.1. The number of carbonyl (C=O) groups excluding carboxylic acids is 2. The first-order chi connectivity index (χ1) is 23.8. The number of amides is 2. The Balaban J connectivity index is 1.24. The highest BCUT2D eigenvalue weighted by molar-refractivity contribution is 6.39. The topological polar surface area (TPSA) is 139 Å². The highest BCUT2D eigenvalue weighted by atomic mass is 35.5. The second-order valence-electron chi connectivity index (χ2n) is 11.6. The Kier molecular flexibility index (Phi) is 10.5. The number of pyridine rings is 2. The van der Waals surface area contributed by atoms with Crippen LogP contribution >= 0.6 is 23.2 Å². The molecule has 5 aromatic rings. The van der Waals surface area contributed by atoms with Crippen molar-refractivity contribution in [1.82, 2.24) is 35.6 Å². The van der Waals surface area contributed by atoms with E-state index >= 15 is 0 Å². The maximum Gasteiger partial charge on any atom is 0.262 e. The van der Waals surface area contributed by atoms with Gasteiger partial charge in [-0.1, -0.05) is 65.7 Å². The van der Waals surface area contributed by atoms with Crippen LogP contribution in [0.1, 0.15) is 24.0 Å². The molecule has 1 saturated heterocycles. The van der Waals surface area contributed by atoms with Crippen molar-refractivity contribution < 1.29 is 14.3 Å². The van der Waals surface area contributed by atoms with Gasteiger partial charge in [-0.2, -0.15) is 0 Å². The van der Waals surface area contributed by atoms with E-state index in [1.165, 1.54) is 10.6 Å². The van der Waals surface area contributed by atoms with E-state index in [9.17, 15) is 14.4 Å². The van der Waals surface area contributed by atoms with Crippen LogP contribution in [0.25, 0.3) is 39.2 Å². The number of nitrogens with one attached hydrogen (secondary N) is 4. The van der Waals surface area contributed by atoms with Crippen LogP contribution < -0.4 is 31.6 Å². The molecule has 3 aromatic heterocycles. The molecule has 13 heteroatoms. The summed E-state index contributed by atoms with van der Waals surface area (Å²) in [5.41, 5.74) is 5.95. The zero-order valence-corrected chi connectivity index (χ0v) is 28.5. The van der Waals surface area contributed by atoms with Gasteiger partial charge in [0.15, 0.2) is 0 Å². The summed E-state index contributed by atoms with van der Waals surface area (Å²) in [6.07, 6.45) is 4.58. The second-order valence-corrected chi connectivity index (χ2v) is 12.4. The first-order valence-electron chi connectivity index (χ1n) is 15.8. The summed E-state index contributed by atoms with van der Waals surface area (Å²) in [4.78, 5) is 45.4. The number of likely N-dealkylation sites (N-methyl/N-ethyl adjacent to an activating group) is 1. The third kappa shape index (κ3) is 7.45. The summed E-state index contributed by atoms with van der Waals surface area (Å²) in [7, 11) is 3.14. The Morgan fingerprint density at radius 3 is 2.39 bits per heavy atom. The SMILES string of the molecule is CNC(=O)CNCc1cnc2cc(-c3cccc(-c4cccc(-c5ccc(CNCC6CCC(=O)N6)c(OC)n5)c4Cl)c3Cl)ccn2c1=O. The Labute approximate surface area is 293 Å². The van der Waals surface area contributed by atoms with Gasteiger partial charge < -0.3 is 26.0 Å². The van der Waals surface area contributed by atoms with E-state index in [2.05, 4.69) is 26.3 Å². The summed E-state index contributed by atoms with van der Waals surface area (Å²) in [5.74, 6) is 0.402. The standard InChI is InChI=1S/C36H35Cl2N7O4/c1-39-32(47)20-41-17-23-18-42-30-15-21(13-14-45(30)36(23)48)25-5-3-6-26(33(25)37)27-7-4-8-28(34(27)38)29-11-9-22(35(44-29)49-2)16-40-19-24-10-12-31(46)43-24/h3-9,11,13-15,18,24,40-41H,10,12,16-17,19-20H2,1-2H3,(H,39,47)(H,43,46). The molecular weight excluding hydrogens is 665 g/mol. The third-order valence-electron chi connectivity index (χ3n) is 8.46. The maximum absolute atomic E-state index is 13.1. The predicted octanol–water partition coefficient (Wildman–Crippen LogP) is 4.61. The highest BCUT2D eigenvalue weighted by Crippen LogP contribution is 2.42. The van der Waals surface area contributed by atoms with Crippen molar-refractivity contribution in [3.05, 3.63) is 105 Å². The van der Waals surface area contributed by atoms with Crippen molar-refractivity contribution >= 4 is 40.7 Å². The van der Waals surface area contributed by atoms with Gasteiger partial charge in [0.25, 0.3) is 5.56 Å². The average Bonchev–Trinajstić information content (AvgIpc) is 3.54. The number of hydrogen-bond donors (Lipinski definition) is 4. The van der Waals surface area contributed by atoms with Crippen LogP contribution in [0.3, 0.4) is 0 Å². The van der Waals surface area contributed by atoms with Gasteiger partial charge in [0.05, 0.1) is 35.0 Å². The molecule has 0 radical (unpaired) electrons. The fourth-order valence-electron chi connectivity index (χ4n) is 5.84. The molecule has 0 saturated carbocycles. The van der Waals surface area contributed by atoms with Gasteiger partial charge in [-0.3, -0.25) is 18.8 Å². The van der Waals surface area contributed by atoms with Gasteiger partial charge in [0.1, 0.15) is 5.65 Å². The maximum atomic E-state index is 13.1. The Bertz CT molecular complexity index is 2100. The van der Waals surface area contributed by atoms with Gasteiger partial charge in [0.2, 0.25) is 17.7 Å². The van der Waals surface area contributed by atoms with Crippen molar-refractivity contribution in [3.8, 4) is 39.4 Å². The van der Waals surface area contributed by atoms with Crippen molar-refractivity contribution in [2.75, 3.05) is 27.2 Å². The van der Waals surface area contributed by atoms with Crippen molar-refractivity contribution in [1.29, 1.82) is 0 Å². The molecule has 1 fully saturated rings. The lowest BCUT2D eigenvalue weighted by Crippen LogP contribution is -2.35. The number of aromatic nitrogens is 3. The molecule has 2 aromatic carbocycles. The summed E-state index contributed by atoms with van der Waals surface area (Å²) in [5, 5.41) is 12.8. The van der Waals surface area contributed by atoms with Gasteiger partial charge in [-0.25, -0.2) is 9.97 Å². The number of rotatable bonds is 12.